The molecule has 16 heavy (non-hydrogen) atoms. The fraction of sp³-hybridized carbons (Fsp3) is 0.385. The van der Waals surface area contributed by atoms with Crippen molar-refractivity contribution in [2.45, 2.75) is 0 Å². The van der Waals surface area contributed by atoms with Crippen molar-refractivity contribution in [3.63, 3.8) is 0 Å². The zero-order valence-electron chi connectivity index (χ0n) is 9.70. The van der Waals surface area contributed by atoms with Gasteiger partial charge in [-0.05, 0) is 17.7 Å². The average molecular weight is 218 g/mol. The fourth-order valence-electron chi connectivity index (χ4n) is 1.85. The van der Waals surface area contributed by atoms with E-state index in [1.165, 1.54) is 5.56 Å². The van der Waals surface area contributed by atoms with E-state index >= 15 is 0 Å². The molecule has 1 fully saturated rings. The lowest BCUT2D eigenvalue weighted by Gasteiger charge is -2.30. The van der Waals surface area contributed by atoms with Crippen molar-refractivity contribution in [3.05, 3.63) is 36.4 Å². The van der Waals surface area contributed by atoms with Gasteiger partial charge in [-0.2, -0.15) is 0 Å². The first-order chi connectivity index (χ1) is 7.81. The van der Waals surface area contributed by atoms with Crippen LogP contribution < -0.4 is 5.32 Å². The minimum absolute atomic E-state index is 0.799. The lowest BCUT2D eigenvalue weighted by molar-refractivity contribution is 0.0641. The van der Waals surface area contributed by atoms with Gasteiger partial charge in [0.15, 0.2) is 0 Å². The molecular formula is C13H18N2O. The average Bonchev–Trinajstić information content (AvgIpc) is 2.39. The van der Waals surface area contributed by atoms with E-state index in [0.29, 0.717) is 0 Å². The number of nitrogens with one attached hydrogen (secondary N) is 1. The number of rotatable bonds is 3. The third-order valence-corrected chi connectivity index (χ3v) is 2.90. The summed E-state index contributed by atoms with van der Waals surface area (Å²) in [4.78, 5) is 2.28. The maximum atomic E-state index is 5.33. The molecule has 0 unspecified atom stereocenters. The lowest BCUT2D eigenvalue weighted by atomic mass is 10.1. The molecule has 86 valence electrons. The van der Waals surface area contributed by atoms with Crippen molar-refractivity contribution in [2.75, 3.05) is 38.7 Å². The summed E-state index contributed by atoms with van der Waals surface area (Å²) in [7, 11) is 1.92. The summed E-state index contributed by atoms with van der Waals surface area (Å²) in [5.41, 5.74) is 3.39. The highest BCUT2D eigenvalue weighted by atomic mass is 16.5. The van der Waals surface area contributed by atoms with E-state index in [0.717, 1.165) is 37.7 Å². The van der Waals surface area contributed by atoms with E-state index < -0.39 is 0 Å². The van der Waals surface area contributed by atoms with Crippen LogP contribution in [0.3, 0.4) is 0 Å². The van der Waals surface area contributed by atoms with E-state index in [-0.39, 0.29) is 0 Å². The molecule has 0 atom stereocenters. The molecule has 1 saturated heterocycles. The second kappa shape index (κ2) is 5.03. The van der Waals surface area contributed by atoms with Gasteiger partial charge in [-0.15, -0.1) is 0 Å². The zero-order chi connectivity index (χ0) is 11.4. The first kappa shape index (κ1) is 11.0. The molecule has 1 N–H and O–H groups in total. The monoisotopic (exact) mass is 218 g/mol. The molecule has 1 aliphatic rings. The normalized spacial score (nSPS) is 15.9. The van der Waals surface area contributed by atoms with Crippen LogP contribution in [0.5, 0.6) is 0 Å². The maximum Gasteiger partial charge on any atom is 0.0642 e. The van der Waals surface area contributed by atoms with Crippen LogP contribution in [0.4, 0.5) is 5.69 Å². The predicted molar refractivity (Wildman–Crippen MR) is 67.4 cm³/mol. The number of hydrogen-bond donors (Lipinski definition) is 1. The summed E-state index contributed by atoms with van der Waals surface area (Å²) in [6.45, 7) is 7.63. The van der Waals surface area contributed by atoms with E-state index in [9.17, 15) is 0 Å². The van der Waals surface area contributed by atoms with Gasteiger partial charge in [-0.25, -0.2) is 0 Å². The molecule has 1 aliphatic heterocycles. The number of nitrogens with zero attached hydrogens (tertiary/aromatic N) is 1. The Bertz CT molecular complexity index is 353. The summed E-state index contributed by atoms with van der Waals surface area (Å²) >= 11 is 0. The van der Waals surface area contributed by atoms with Gasteiger partial charge >= 0.3 is 0 Å². The second-order valence-electron chi connectivity index (χ2n) is 3.87. The summed E-state index contributed by atoms with van der Waals surface area (Å²) < 4.78 is 5.33. The summed E-state index contributed by atoms with van der Waals surface area (Å²) in [5.74, 6) is 0. The molecule has 3 heteroatoms. The summed E-state index contributed by atoms with van der Waals surface area (Å²) in [5, 5.41) is 3.11. The molecule has 2 rings (SSSR count). The molecule has 1 heterocycles. The third-order valence-electron chi connectivity index (χ3n) is 2.90. The molecule has 1 aromatic rings. The van der Waals surface area contributed by atoms with Gasteiger partial charge in [0, 0.05) is 31.5 Å². The van der Waals surface area contributed by atoms with Gasteiger partial charge in [-0.3, -0.25) is 0 Å². The van der Waals surface area contributed by atoms with Gasteiger partial charge in [0.05, 0.1) is 13.2 Å². The maximum absolute atomic E-state index is 5.33. The van der Waals surface area contributed by atoms with Gasteiger partial charge in [0.1, 0.15) is 0 Å². The molecule has 1 aromatic carbocycles. The Balaban J connectivity index is 2.07. The highest BCUT2D eigenvalue weighted by Gasteiger charge is 2.13. The molecular weight excluding hydrogens is 200 g/mol. The SMILES string of the molecule is C=C(c1ccc(NC)cc1)N1CCOCC1. The molecule has 0 aliphatic carbocycles. The molecule has 0 spiro atoms. The van der Waals surface area contributed by atoms with Crippen LogP contribution >= 0.6 is 0 Å². The highest BCUT2D eigenvalue weighted by Crippen LogP contribution is 2.20. The Morgan fingerprint density at radius 2 is 1.88 bits per heavy atom. The number of benzene rings is 1. The van der Waals surface area contributed by atoms with Crippen molar-refractivity contribution in [1.29, 1.82) is 0 Å². The van der Waals surface area contributed by atoms with E-state index in [2.05, 4.69) is 41.1 Å². The standard InChI is InChI=1S/C13H18N2O/c1-11(15-7-9-16-10-8-15)12-3-5-13(14-2)6-4-12/h3-6,14H,1,7-10H2,2H3. The lowest BCUT2D eigenvalue weighted by Crippen LogP contribution is -2.34. The van der Waals surface area contributed by atoms with Crippen molar-refractivity contribution in [2.24, 2.45) is 0 Å². The van der Waals surface area contributed by atoms with Gasteiger partial charge < -0.3 is 15.0 Å². The van der Waals surface area contributed by atoms with Crippen LogP contribution in [0.1, 0.15) is 5.56 Å². The minimum atomic E-state index is 0.799. The summed E-state index contributed by atoms with van der Waals surface area (Å²) in [6, 6.07) is 8.34. The fourth-order valence-corrected chi connectivity index (χ4v) is 1.85. The third kappa shape index (κ3) is 2.36. The number of hydrogen-bond acceptors (Lipinski definition) is 3. The van der Waals surface area contributed by atoms with E-state index in [1.807, 2.05) is 7.05 Å². The zero-order valence-corrected chi connectivity index (χ0v) is 9.70. The largest absolute Gasteiger partial charge is 0.388 e. The smallest absolute Gasteiger partial charge is 0.0642 e. The molecule has 0 saturated carbocycles. The van der Waals surface area contributed by atoms with Crippen LogP contribution in [0, 0.1) is 0 Å². The Morgan fingerprint density at radius 1 is 1.25 bits per heavy atom. The van der Waals surface area contributed by atoms with Gasteiger partial charge in [-0.1, -0.05) is 18.7 Å². The van der Waals surface area contributed by atoms with E-state index in [1.54, 1.807) is 0 Å². The van der Waals surface area contributed by atoms with E-state index in [4.69, 9.17) is 4.74 Å². The predicted octanol–water partition coefficient (Wildman–Crippen LogP) is 2.03. The van der Waals surface area contributed by atoms with Crippen molar-refractivity contribution in [1.82, 2.24) is 4.90 Å². The molecule has 0 bridgehead atoms. The van der Waals surface area contributed by atoms with Gasteiger partial charge in [0.2, 0.25) is 0 Å². The van der Waals surface area contributed by atoms with Crippen molar-refractivity contribution in [3.8, 4) is 0 Å². The Morgan fingerprint density at radius 3 is 2.44 bits per heavy atom. The van der Waals surface area contributed by atoms with Crippen molar-refractivity contribution >= 4 is 11.4 Å². The minimum Gasteiger partial charge on any atom is -0.388 e. The number of morpholine rings is 1. The van der Waals surface area contributed by atoms with Crippen molar-refractivity contribution < 1.29 is 4.74 Å². The first-order valence-electron chi connectivity index (χ1n) is 5.61. The topological polar surface area (TPSA) is 24.5 Å². The molecule has 0 aromatic heterocycles. The van der Waals surface area contributed by atoms with Crippen LogP contribution in [0.25, 0.3) is 5.70 Å². The Kier molecular flexibility index (Phi) is 3.47. The van der Waals surface area contributed by atoms with Gasteiger partial charge in [0.25, 0.3) is 0 Å². The first-order valence-corrected chi connectivity index (χ1v) is 5.61. The Labute approximate surface area is 96.7 Å². The van der Waals surface area contributed by atoms with Crippen LogP contribution in [0.15, 0.2) is 30.8 Å². The summed E-state index contributed by atoms with van der Waals surface area (Å²) in [6.07, 6.45) is 0. The molecule has 3 nitrogen and oxygen atoms in total. The Hall–Kier alpha value is -1.48. The van der Waals surface area contributed by atoms with Crippen LogP contribution in [0.2, 0.25) is 0 Å². The molecule has 0 amide bonds. The highest BCUT2D eigenvalue weighted by molar-refractivity contribution is 5.64. The molecule has 0 radical (unpaired) electrons. The number of anilines is 1. The second-order valence-corrected chi connectivity index (χ2v) is 3.87. The van der Waals surface area contributed by atoms with Crippen LogP contribution in [-0.2, 0) is 4.74 Å². The number of ether oxygens (including phenoxy) is 1. The quantitative estimate of drug-likeness (QED) is 0.840. The van der Waals surface area contributed by atoms with Crippen LogP contribution in [-0.4, -0.2) is 38.3 Å².